The number of pyridine rings is 1. The van der Waals surface area contributed by atoms with Crippen LogP contribution in [0.5, 0.6) is 5.75 Å². The van der Waals surface area contributed by atoms with Gasteiger partial charge in [0.1, 0.15) is 5.75 Å². The van der Waals surface area contributed by atoms with Crippen LogP contribution in [0.15, 0.2) is 35.3 Å². The van der Waals surface area contributed by atoms with Crippen LogP contribution >= 0.6 is 0 Å². The van der Waals surface area contributed by atoms with Crippen LogP contribution in [0.4, 0.5) is 0 Å². The Kier molecular flexibility index (Phi) is 3.70. The lowest BCUT2D eigenvalue weighted by molar-refractivity contribution is 0.245. The Morgan fingerprint density at radius 3 is 2.67 bits per heavy atom. The van der Waals surface area contributed by atoms with Gasteiger partial charge in [0.25, 0.3) is 5.56 Å². The van der Waals surface area contributed by atoms with Crippen molar-refractivity contribution in [1.82, 2.24) is 4.57 Å². The highest BCUT2D eigenvalue weighted by molar-refractivity contribution is 5.87. The first-order chi connectivity index (χ1) is 8.63. The van der Waals surface area contributed by atoms with Crippen LogP contribution in [-0.4, -0.2) is 10.7 Å². The Morgan fingerprint density at radius 2 is 2.00 bits per heavy atom. The van der Waals surface area contributed by atoms with Gasteiger partial charge in [-0.3, -0.25) is 4.79 Å². The molecule has 3 nitrogen and oxygen atoms in total. The minimum absolute atomic E-state index is 0.0588. The molecule has 0 N–H and O–H groups in total. The van der Waals surface area contributed by atoms with Gasteiger partial charge in [-0.05, 0) is 38.5 Å². The highest BCUT2D eigenvalue weighted by Crippen LogP contribution is 2.24. The van der Waals surface area contributed by atoms with E-state index in [1.807, 2.05) is 44.3 Å². The van der Waals surface area contributed by atoms with Gasteiger partial charge in [-0.15, -0.1) is 0 Å². The molecule has 96 valence electrons. The molecule has 0 aliphatic heterocycles. The van der Waals surface area contributed by atoms with Gasteiger partial charge in [-0.2, -0.15) is 0 Å². The normalized spacial score (nSPS) is 11.1. The first-order valence-electron chi connectivity index (χ1n) is 6.42. The molecule has 3 heteroatoms. The van der Waals surface area contributed by atoms with Crippen molar-refractivity contribution in [1.29, 1.82) is 0 Å². The number of benzene rings is 1. The van der Waals surface area contributed by atoms with Crippen LogP contribution in [0, 0.1) is 0 Å². The van der Waals surface area contributed by atoms with E-state index < -0.39 is 0 Å². The zero-order valence-electron chi connectivity index (χ0n) is 11.1. The van der Waals surface area contributed by atoms with E-state index in [-0.39, 0.29) is 11.7 Å². The topological polar surface area (TPSA) is 31.2 Å². The molecule has 0 aliphatic carbocycles. The van der Waals surface area contributed by atoms with Gasteiger partial charge in [-0.1, -0.05) is 13.0 Å². The highest BCUT2D eigenvalue weighted by atomic mass is 16.5. The van der Waals surface area contributed by atoms with E-state index in [0.717, 1.165) is 29.5 Å². The van der Waals surface area contributed by atoms with Crippen LogP contribution in [0.25, 0.3) is 10.8 Å². The Labute approximate surface area is 107 Å². The predicted molar refractivity (Wildman–Crippen MR) is 74.3 cm³/mol. The summed E-state index contributed by atoms with van der Waals surface area (Å²) >= 11 is 0. The van der Waals surface area contributed by atoms with E-state index in [9.17, 15) is 4.79 Å². The fraction of sp³-hybridized carbons (Fsp3) is 0.400. The Morgan fingerprint density at radius 1 is 1.22 bits per heavy atom. The quantitative estimate of drug-likeness (QED) is 0.828. The fourth-order valence-corrected chi connectivity index (χ4v) is 2.06. The summed E-state index contributed by atoms with van der Waals surface area (Å²) < 4.78 is 7.49. The van der Waals surface area contributed by atoms with Crippen molar-refractivity contribution in [3.05, 3.63) is 40.8 Å². The number of aryl methyl sites for hydroxylation is 1. The summed E-state index contributed by atoms with van der Waals surface area (Å²) in [5.74, 6) is 0.781. The monoisotopic (exact) mass is 245 g/mol. The van der Waals surface area contributed by atoms with Gasteiger partial charge in [0.15, 0.2) is 0 Å². The smallest absolute Gasteiger partial charge is 0.258 e. The van der Waals surface area contributed by atoms with Crippen molar-refractivity contribution < 1.29 is 4.74 Å². The second kappa shape index (κ2) is 5.25. The molecule has 2 rings (SSSR count). The van der Waals surface area contributed by atoms with E-state index in [0.29, 0.717) is 0 Å². The summed E-state index contributed by atoms with van der Waals surface area (Å²) in [5, 5.41) is 1.62. The number of hydrogen-bond acceptors (Lipinski definition) is 2. The SMILES string of the molecule is CCCn1ccc2c(OC(C)C)cccc2c1=O. The Balaban J connectivity index is 2.59. The zero-order chi connectivity index (χ0) is 13.1. The van der Waals surface area contributed by atoms with Crippen molar-refractivity contribution >= 4 is 10.8 Å². The fourth-order valence-electron chi connectivity index (χ4n) is 2.06. The first kappa shape index (κ1) is 12.7. The molecule has 0 bridgehead atoms. The van der Waals surface area contributed by atoms with Gasteiger partial charge in [-0.25, -0.2) is 0 Å². The number of ether oxygens (including phenoxy) is 1. The molecule has 0 spiro atoms. The molecule has 18 heavy (non-hydrogen) atoms. The molecule has 0 amide bonds. The molecular formula is C15H19NO2. The second-order valence-electron chi connectivity index (χ2n) is 4.70. The molecule has 0 saturated heterocycles. The molecule has 1 aromatic heterocycles. The molecule has 1 heterocycles. The maximum atomic E-state index is 12.3. The van der Waals surface area contributed by atoms with Crippen molar-refractivity contribution in [3.63, 3.8) is 0 Å². The number of rotatable bonds is 4. The maximum Gasteiger partial charge on any atom is 0.258 e. The largest absolute Gasteiger partial charge is 0.490 e. The van der Waals surface area contributed by atoms with E-state index >= 15 is 0 Å². The van der Waals surface area contributed by atoms with Crippen LogP contribution in [-0.2, 0) is 6.54 Å². The van der Waals surface area contributed by atoms with Crippen molar-refractivity contribution in [2.24, 2.45) is 0 Å². The molecule has 0 radical (unpaired) electrons. The van der Waals surface area contributed by atoms with Crippen LogP contribution in [0.1, 0.15) is 27.2 Å². The molecule has 1 aromatic carbocycles. The van der Waals surface area contributed by atoms with Gasteiger partial charge in [0.2, 0.25) is 0 Å². The summed E-state index contributed by atoms with van der Waals surface area (Å²) in [6.45, 7) is 6.78. The first-order valence-corrected chi connectivity index (χ1v) is 6.42. The Bertz CT molecular complexity index is 599. The minimum atomic E-state index is 0.0588. The zero-order valence-corrected chi connectivity index (χ0v) is 11.1. The minimum Gasteiger partial charge on any atom is -0.490 e. The third-order valence-electron chi connectivity index (χ3n) is 2.81. The second-order valence-corrected chi connectivity index (χ2v) is 4.70. The number of nitrogens with zero attached hydrogens (tertiary/aromatic N) is 1. The molecule has 0 aliphatic rings. The van der Waals surface area contributed by atoms with Crippen LogP contribution in [0.2, 0.25) is 0 Å². The van der Waals surface area contributed by atoms with Crippen LogP contribution in [0.3, 0.4) is 0 Å². The third-order valence-corrected chi connectivity index (χ3v) is 2.81. The third kappa shape index (κ3) is 2.40. The van der Waals surface area contributed by atoms with Gasteiger partial charge < -0.3 is 9.30 Å². The number of fused-ring (bicyclic) bond motifs is 1. The summed E-state index contributed by atoms with van der Waals surface area (Å²) in [6, 6.07) is 7.60. The average Bonchev–Trinajstić information content (AvgIpc) is 2.33. The Hall–Kier alpha value is -1.77. The predicted octanol–water partition coefficient (Wildman–Crippen LogP) is 3.20. The van der Waals surface area contributed by atoms with E-state index in [1.165, 1.54) is 0 Å². The lowest BCUT2D eigenvalue weighted by Gasteiger charge is -2.13. The van der Waals surface area contributed by atoms with Crippen molar-refractivity contribution in [2.45, 2.75) is 39.8 Å². The number of aromatic nitrogens is 1. The lowest BCUT2D eigenvalue weighted by atomic mass is 10.1. The summed E-state index contributed by atoms with van der Waals surface area (Å²) in [6.07, 6.45) is 2.91. The maximum absolute atomic E-state index is 12.3. The van der Waals surface area contributed by atoms with Crippen molar-refractivity contribution in [3.8, 4) is 5.75 Å². The molecular weight excluding hydrogens is 226 g/mol. The summed E-state index contributed by atoms with van der Waals surface area (Å²) in [7, 11) is 0. The molecule has 0 unspecified atom stereocenters. The standard InChI is InChI=1S/C15H19NO2/c1-4-9-16-10-8-12-13(15(16)17)6-5-7-14(12)18-11(2)3/h5-8,10-11H,4,9H2,1-3H3. The molecule has 0 atom stereocenters. The molecule has 0 saturated carbocycles. The number of hydrogen-bond donors (Lipinski definition) is 0. The van der Waals surface area contributed by atoms with Gasteiger partial charge >= 0.3 is 0 Å². The molecule has 0 fully saturated rings. The van der Waals surface area contributed by atoms with Gasteiger partial charge in [0, 0.05) is 18.1 Å². The average molecular weight is 245 g/mol. The van der Waals surface area contributed by atoms with E-state index in [1.54, 1.807) is 4.57 Å². The molecule has 2 aromatic rings. The van der Waals surface area contributed by atoms with Crippen molar-refractivity contribution in [2.75, 3.05) is 0 Å². The lowest BCUT2D eigenvalue weighted by Crippen LogP contribution is -2.19. The highest BCUT2D eigenvalue weighted by Gasteiger charge is 2.07. The van der Waals surface area contributed by atoms with Crippen LogP contribution < -0.4 is 10.3 Å². The summed E-state index contributed by atoms with van der Waals surface area (Å²) in [4.78, 5) is 12.3. The van der Waals surface area contributed by atoms with E-state index in [4.69, 9.17) is 4.74 Å². The van der Waals surface area contributed by atoms with E-state index in [2.05, 4.69) is 6.92 Å². The summed E-state index contributed by atoms with van der Waals surface area (Å²) in [5.41, 5.74) is 0.0588. The van der Waals surface area contributed by atoms with Gasteiger partial charge in [0.05, 0.1) is 11.5 Å².